The Morgan fingerprint density at radius 3 is 3.04 bits per heavy atom. The fraction of sp³-hybridized carbons (Fsp3) is 0.316. The second kappa shape index (κ2) is 6.93. The van der Waals surface area contributed by atoms with Crippen molar-refractivity contribution in [2.45, 2.75) is 31.6 Å². The first-order chi connectivity index (χ1) is 12.3. The summed E-state index contributed by atoms with van der Waals surface area (Å²) >= 11 is 0. The second-order valence-corrected chi connectivity index (χ2v) is 6.17. The maximum absolute atomic E-state index is 11.8. The monoisotopic (exact) mass is 337 g/mol. The minimum atomic E-state index is -0.244. The maximum Gasteiger partial charge on any atom is 0.286 e. The van der Waals surface area contributed by atoms with Crippen LogP contribution >= 0.6 is 0 Å². The van der Waals surface area contributed by atoms with Gasteiger partial charge in [-0.1, -0.05) is 29.4 Å². The van der Waals surface area contributed by atoms with Crippen molar-refractivity contribution in [2.24, 2.45) is 0 Å². The van der Waals surface area contributed by atoms with Crippen LogP contribution in [0.5, 0.6) is 0 Å². The average Bonchev–Trinajstić information content (AvgIpc) is 3.33. The van der Waals surface area contributed by atoms with Gasteiger partial charge in [-0.2, -0.15) is 4.98 Å². The van der Waals surface area contributed by atoms with Crippen molar-refractivity contribution >= 4 is 5.91 Å². The van der Waals surface area contributed by atoms with Gasteiger partial charge < -0.3 is 14.3 Å². The largest absolute Gasteiger partial charge is 0.459 e. The Morgan fingerprint density at radius 2 is 2.16 bits per heavy atom. The normalized spacial score (nSPS) is 16.4. The first kappa shape index (κ1) is 15.6. The number of rotatable bonds is 5. The average molecular weight is 337 g/mol. The van der Waals surface area contributed by atoms with E-state index < -0.39 is 0 Å². The Hall–Kier alpha value is -2.89. The number of hydrogen-bond donors (Lipinski definition) is 1. The summed E-state index contributed by atoms with van der Waals surface area (Å²) in [5, 5.41) is 6.95. The van der Waals surface area contributed by atoms with E-state index in [1.807, 2.05) is 0 Å². The van der Waals surface area contributed by atoms with Crippen molar-refractivity contribution in [3.63, 3.8) is 0 Å². The van der Waals surface area contributed by atoms with E-state index in [1.165, 1.54) is 17.4 Å². The quantitative estimate of drug-likeness (QED) is 0.774. The molecular formula is C19H19N3O3. The van der Waals surface area contributed by atoms with Gasteiger partial charge in [-0.05, 0) is 42.5 Å². The van der Waals surface area contributed by atoms with Crippen LogP contribution in [0.4, 0.5) is 0 Å². The molecule has 1 aromatic carbocycles. The number of carbonyl (C=O) groups is 1. The molecule has 6 nitrogen and oxygen atoms in total. The molecule has 0 bridgehead atoms. The molecule has 6 heteroatoms. The predicted octanol–water partition coefficient (Wildman–Crippen LogP) is 3.10. The molecule has 1 unspecified atom stereocenters. The summed E-state index contributed by atoms with van der Waals surface area (Å²) in [5.74, 6) is 1.52. The summed E-state index contributed by atoms with van der Waals surface area (Å²) in [6.07, 6.45) is 5.24. The lowest BCUT2D eigenvalue weighted by Gasteiger charge is -2.22. The van der Waals surface area contributed by atoms with E-state index in [9.17, 15) is 4.79 Å². The number of aryl methyl sites for hydroxylation is 1. The number of nitrogens with one attached hydrogen (secondary N) is 1. The molecule has 0 fully saturated rings. The third-order valence-electron chi connectivity index (χ3n) is 4.53. The zero-order valence-electron chi connectivity index (χ0n) is 13.8. The highest BCUT2D eigenvalue weighted by atomic mass is 16.5. The molecule has 0 radical (unpaired) electrons. The van der Waals surface area contributed by atoms with Gasteiger partial charge in [0.15, 0.2) is 11.6 Å². The Bertz CT molecular complexity index is 854. The van der Waals surface area contributed by atoms with Crippen LogP contribution < -0.4 is 5.32 Å². The molecule has 2 aromatic heterocycles. The van der Waals surface area contributed by atoms with Crippen LogP contribution in [-0.4, -0.2) is 22.6 Å². The van der Waals surface area contributed by atoms with E-state index in [4.69, 9.17) is 8.94 Å². The summed E-state index contributed by atoms with van der Waals surface area (Å²) in [7, 11) is 0. The van der Waals surface area contributed by atoms with Crippen LogP contribution in [0.1, 0.15) is 52.2 Å². The molecule has 1 atom stereocenters. The van der Waals surface area contributed by atoms with Crippen molar-refractivity contribution in [3.8, 4) is 0 Å². The summed E-state index contributed by atoms with van der Waals surface area (Å²) in [5.41, 5.74) is 2.67. The first-order valence-electron chi connectivity index (χ1n) is 8.53. The molecule has 0 spiro atoms. The summed E-state index contributed by atoms with van der Waals surface area (Å²) in [6, 6.07) is 11.8. The van der Waals surface area contributed by atoms with Crippen molar-refractivity contribution in [3.05, 3.63) is 71.3 Å². The van der Waals surface area contributed by atoms with Crippen LogP contribution in [0.25, 0.3) is 0 Å². The third kappa shape index (κ3) is 3.33. The number of furan rings is 1. The highest BCUT2D eigenvalue weighted by Gasteiger charge is 2.25. The number of hydrogen-bond acceptors (Lipinski definition) is 5. The fourth-order valence-electron chi connectivity index (χ4n) is 3.31. The van der Waals surface area contributed by atoms with E-state index in [2.05, 4.69) is 39.7 Å². The maximum atomic E-state index is 11.8. The van der Waals surface area contributed by atoms with Crippen LogP contribution in [0.3, 0.4) is 0 Å². The number of benzene rings is 1. The Kier molecular flexibility index (Phi) is 4.33. The van der Waals surface area contributed by atoms with Crippen LogP contribution in [-0.2, 0) is 12.8 Å². The Balaban J connectivity index is 1.39. The van der Waals surface area contributed by atoms with Gasteiger partial charge in [0.1, 0.15) is 0 Å². The van der Waals surface area contributed by atoms with Crippen molar-refractivity contribution < 1.29 is 13.7 Å². The number of amides is 1. The van der Waals surface area contributed by atoms with Crippen molar-refractivity contribution in [2.75, 3.05) is 6.54 Å². The van der Waals surface area contributed by atoms with Gasteiger partial charge in [0.25, 0.3) is 5.91 Å². The summed E-state index contributed by atoms with van der Waals surface area (Å²) < 4.78 is 10.4. The molecule has 1 aliphatic rings. The molecule has 4 rings (SSSR count). The topological polar surface area (TPSA) is 81.2 Å². The number of aromatic nitrogens is 2. The third-order valence-corrected chi connectivity index (χ3v) is 4.53. The molecule has 0 aliphatic heterocycles. The number of nitrogens with zero attached hydrogens (tertiary/aromatic N) is 2. The van der Waals surface area contributed by atoms with Gasteiger partial charge in [0, 0.05) is 18.9 Å². The Morgan fingerprint density at radius 1 is 1.24 bits per heavy atom. The molecule has 0 saturated heterocycles. The second-order valence-electron chi connectivity index (χ2n) is 6.17. The molecule has 128 valence electrons. The Labute approximate surface area is 145 Å². The lowest BCUT2D eigenvalue weighted by molar-refractivity contribution is 0.0925. The highest BCUT2D eigenvalue weighted by Crippen LogP contribution is 2.35. The summed E-state index contributed by atoms with van der Waals surface area (Å²) in [4.78, 5) is 16.4. The molecular weight excluding hydrogens is 318 g/mol. The van der Waals surface area contributed by atoms with Crippen LogP contribution in [0.15, 0.2) is 51.6 Å². The number of carbonyl (C=O) groups excluding carboxylic acids is 1. The zero-order chi connectivity index (χ0) is 17.1. The zero-order valence-corrected chi connectivity index (χ0v) is 13.8. The van der Waals surface area contributed by atoms with E-state index in [0.717, 1.165) is 25.1 Å². The van der Waals surface area contributed by atoms with Gasteiger partial charge >= 0.3 is 0 Å². The molecule has 1 amide bonds. The molecule has 3 aromatic rings. The molecule has 25 heavy (non-hydrogen) atoms. The van der Waals surface area contributed by atoms with Gasteiger partial charge in [0.05, 0.1) is 6.26 Å². The minimum Gasteiger partial charge on any atom is -0.459 e. The first-order valence-corrected chi connectivity index (χ1v) is 8.53. The van der Waals surface area contributed by atoms with Gasteiger partial charge in [-0.3, -0.25) is 4.79 Å². The molecule has 1 aliphatic carbocycles. The summed E-state index contributed by atoms with van der Waals surface area (Å²) in [6.45, 7) is 0.419. The van der Waals surface area contributed by atoms with Crippen molar-refractivity contribution in [1.29, 1.82) is 0 Å². The standard InChI is InChI=1S/C19H19N3O3/c23-19(16-9-4-12-24-16)20-11-10-17-21-18(22-25-17)15-8-3-6-13-5-1-2-7-14(13)15/h1-2,4-5,7,9,12,15H,3,6,8,10-11H2,(H,20,23). The smallest absolute Gasteiger partial charge is 0.286 e. The van der Waals surface area contributed by atoms with Gasteiger partial charge in [0.2, 0.25) is 5.89 Å². The lowest BCUT2D eigenvalue weighted by Crippen LogP contribution is -2.25. The predicted molar refractivity (Wildman–Crippen MR) is 90.3 cm³/mol. The minimum absolute atomic E-state index is 0.195. The lowest BCUT2D eigenvalue weighted by atomic mass is 9.82. The molecule has 1 N–H and O–H groups in total. The SMILES string of the molecule is O=C(NCCc1nc(C2CCCc3ccccc32)no1)c1ccco1. The van der Waals surface area contributed by atoms with Gasteiger partial charge in [-0.15, -0.1) is 0 Å². The van der Waals surface area contributed by atoms with Crippen molar-refractivity contribution in [1.82, 2.24) is 15.5 Å². The van der Waals surface area contributed by atoms with E-state index in [0.29, 0.717) is 24.6 Å². The van der Waals surface area contributed by atoms with Crippen LogP contribution in [0, 0.1) is 0 Å². The van der Waals surface area contributed by atoms with E-state index in [1.54, 1.807) is 12.1 Å². The van der Waals surface area contributed by atoms with E-state index in [-0.39, 0.29) is 11.8 Å². The molecule has 2 heterocycles. The van der Waals surface area contributed by atoms with Crippen LogP contribution in [0.2, 0.25) is 0 Å². The highest BCUT2D eigenvalue weighted by molar-refractivity contribution is 5.91. The number of fused-ring (bicyclic) bond motifs is 1. The molecule has 0 saturated carbocycles. The fourth-order valence-corrected chi connectivity index (χ4v) is 3.31. The van der Waals surface area contributed by atoms with Gasteiger partial charge in [-0.25, -0.2) is 0 Å². The van der Waals surface area contributed by atoms with E-state index >= 15 is 0 Å².